The third kappa shape index (κ3) is 5.17. The maximum Gasteiger partial charge on any atom is 0.146 e. The molecule has 1 fully saturated rings. The first-order chi connectivity index (χ1) is 18.2. The number of aromatic hydroxyl groups is 1. The van der Waals surface area contributed by atoms with Gasteiger partial charge in [0, 0.05) is 29.3 Å². The third-order valence-corrected chi connectivity index (χ3v) is 6.87. The van der Waals surface area contributed by atoms with E-state index in [4.69, 9.17) is 9.84 Å². The minimum absolute atomic E-state index is 0.273. The Bertz CT molecular complexity index is 1490. The Labute approximate surface area is 216 Å². The van der Waals surface area contributed by atoms with E-state index in [-0.39, 0.29) is 5.75 Å². The van der Waals surface area contributed by atoms with E-state index in [1.54, 1.807) is 17.2 Å². The Morgan fingerprint density at radius 2 is 1.68 bits per heavy atom. The molecule has 0 amide bonds. The first kappa shape index (κ1) is 23.2. The average Bonchev–Trinajstić information content (AvgIpc) is 3.64. The van der Waals surface area contributed by atoms with Crippen LogP contribution in [0.4, 0.5) is 0 Å². The van der Waals surface area contributed by atoms with E-state index in [0.29, 0.717) is 18.7 Å². The molecule has 1 aliphatic heterocycles. The monoisotopic (exact) mass is 491 g/mol. The van der Waals surface area contributed by atoms with Gasteiger partial charge in [0.1, 0.15) is 29.3 Å². The van der Waals surface area contributed by atoms with E-state index in [9.17, 15) is 5.11 Å². The highest BCUT2D eigenvalue weighted by molar-refractivity contribution is 5.88. The molecule has 2 aromatic heterocycles. The van der Waals surface area contributed by atoms with Gasteiger partial charge in [0.05, 0.1) is 12.7 Å². The zero-order valence-electron chi connectivity index (χ0n) is 20.6. The van der Waals surface area contributed by atoms with Gasteiger partial charge >= 0.3 is 0 Å². The largest absolute Gasteiger partial charge is 0.505 e. The number of ether oxygens (including phenoxy) is 1. The summed E-state index contributed by atoms with van der Waals surface area (Å²) < 4.78 is 5.91. The molecule has 0 atom stereocenters. The zero-order chi connectivity index (χ0) is 25.0. The summed E-state index contributed by atoms with van der Waals surface area (Å²) >= 11 is 0. The highest BCUT2D eigenvalue weighted by atomic mass is 16.5. The summed E-state index contributed by atoms with van der Waals surface area (Å²) in [7, 11) is 0. The molecule has 0 aliphatic carbocycles. The summed E-state index contributed by atoms with van der Waals surface area (Å²) in [5.41, 5.74) is 5.49. The second-order valence-electron chi connectivity index (χ2n) is 9.49. The molecule has 3 aromatic carbocycles. The molecule has 3 heterocycles. The van der Waals surface area contributed by atoms with Crippen molar-refractivity contribution in [3.8, 4) is 22.8 Å². The van der Waals surface area contributed by atoms with Gasteiger partial charge in [-0.1, -0.05) is 36.4 Å². The van der Waals surface area contributed by atoms with Gasteiger partial charge in [-0.2, -0.15) is 15.0 Å². The van der Waals surface area contributed by atoms with Gasteiger partial charge in [0.2, 0.25) is 0 Å². The van der Waals surface area contributed by atoms with Crippen LogP contribution in [0.15, 0.2) is 85.2 Å². The van der Waals surface area contributed by atoms with Crippen molar-refractivity contribution in [1.29, 1.82) is 0 Å². The standard InChI is InChI=1S/C30H29N5O2/c36-30-25(19-34-15-4-5-16-34)17-24(27-9-6-14-31-29(27)30)20-35-32-18-28(33-35)23-10-12-26(13-11-23)37-21-22-7-2-1-3-8-22/h1-3,6-14,17-18,36H,4-5,15-16,19-21H2. The summed E-state index contributed by atoms with van der Waals surface area (Å²) in [4.78, 5) is 8.57. The molecule has 7 nitrogen and oxygen atoms in total. The molecule has 1 N–H and O–H groups in total. The first-order valence-corrected chi connectivity index (χ1v) is 12.7. The lowest BCUT2D eigenvalue weighted by molar-refractivity contribution is 0.306. The van der Waals surface area contributed by atoms with Gasteiger partial charge in [0.25, 0.3) is 0 Å². The fraction of sp³-hybridized carbons (Fsp3) is 0.233. The number of rotatable bonds is 8. The van der Waals surface area contributed by atoms with Gasteiger partial charge in [-0.25, -0.2) is 0 Å². The molecule has 0 radical (unpaired) electrons. The SMILES string of the molecule is Oc1c(CN2CCCC2)cc(Cn2ncc(-c3ccc(OCc4ccccc4)cc3)n2)c2cccnc12. The number of benzene rings is 3. The number of fused-ring (bicyclic) bond motifs is 1. The quantitative estimate of drug-likeness (QED) is 0.312. The second-order valence-corrected chi connectivity index (χ2v) is 9.49. The van der Waals surface area contributed by atoms with Crippen LogP contribution in [0.1, 0.15) is 29.5 Å². The van der Waals surface area contributed by atoms with Crippen molar-refractivity contribution in [1.82, 2.24) is 24.9 Å². The Kier molecular flexibility index (Phi) is 6.52. The summed E-state index contributed by atoms with van der Waals surface area (Å²) in [5.74, 6) is 1.09. The van der Waals surface area contributed by atoms with Crippen molar-refractivity contribution < 1.29 is 9.84 Å². The molecule has 1 saturated heterocycles. The van der Waals surface area contributed by atoms with E-state index in [0.717, 1.165) is 58.7 Å². The van der Waals surface area contributed by atoms with Crippen molar-refractivity contribution in [3.05, 3.63) is 102 Å². The lowest BCUT2D eigenvalue weighted by Gasteiger charge is -2.18. The molecule has 186 valence electrons. The number of nitrogens with zero attached hydrogens (tertiary/aromatic N) is 5. The molecule has 0 spiro atoms. The summed E-state index contributed by atoms with van der Waals surface area (Å²) in [6.45, 7) is 3.88. The van der Waals surface area contributed by atoms with Crippen LogP contribution in [0, 0.1) is 0 Å². The predicted octanol–water partition coefficient (Wildman–Crippen LogP) is 5.42. The number of hydrogen-bond donors (Lipinski definition) is 1. The molecular weight excluding hydrogens is 462 g/mol. The van der Waals surface area contributed by atoms with Crippen LogP contribution in [0.5, 0.6) is 11.5 Å². The summed E-state index contributed by atoms with van der Waals surface area (Å²) in [6, 6.07) is 24.0. The van der Waals surface area contributed by atoms with Gasteiger partial charge < -0.3 is 9.84 Å². The molecule has 1 aliphatic rings. The van der Waals surface area contributed by atoms with E-state index < -0.39 is 0 Å². The van der Waals surface area contributed by atoms with Crippen LogP contribution in [-0.2, 0) is 19.7 Å². The van der Waals surface area contributed by atoms with Gasteiger partial charge in [0.15, 0.2) is 0 Å². The Hall–Kier alpha value is -4.23. The predicted molar refractivity (Wildman–Crippen MR) is 143 cm³/mol. The van der Waals surface area contributed by atoms with E-state index in [1.807, 2.05) is 54.6 Å². The molecular formula is C30H29N5O2. The second kappa shape index (κ2) is 10.4. The van der Waals surface area contributed by atoms with Crippen molar-refractivity contribution in [2.75, 3.05) is 13.1 Å². The third-order valence-electron chi connectivity index (χ3n) is 6.87. The molecule has 37 heavy (non-hydrogen) atoms. The maximum absolute atomic E-state index is 10.9. The average molecular weight is 492 g/mol. The summed E-state index contributed by atoms with van der Waals surface area (Å²) in [6.07, 6.45) is 5.92. The number of likely N-dealkylation sites (tertiary alicyclic amines) is 1. The van der Waals surface area contributed by atoms with Gasteiger partial charge in [-0.05, 0) is 73.5 Å². The Morgan fingerprint density at radius 3 is 2.49 bits per heavy atom. The molecule has 0 saturated carbocycles. The first-order valence-electron chi connectivity index (χ1n) is 12.7. The highest BCUT2D eigenvalue weighted by Gasteiger charge is 2.18. The van der Waals surface area contributed by atoms with Crippen molar-refractivity contribution in [2.45, 2.75) is 32.5 Å². The van der Waals surface area contributed by atoms with Crippen molar-refractivity contribution in [2.24, 2.45) is 0 Å². The fourth-order valence-corrected chi connectivity index (χ4v) is 4.92. The van der Waals surface area contributed by atoms with Crippen LogP contribution in [0.2, 0.25) is 0 Å². The van der Waals surface area contributed by atoms with Crippen LogP contribution in [0.25, 0.3) is 22.2 Å². The minimum atomic E-state index is 0.273. The Balaban J connectivity index is 1.20. The highest BCUT2D eigenvalue weighted by Crippen LogP contribution is 2.32. The maximum atomic E-state index is 10.9. The minimum Gasteiger partial charge on any atom is -0.505 e. The van der Waals surface area contributed by atoms with E-state index >= 15 is 0 Å². The van der Waals surface area contributed by atoms with Crippen molar-refractivity contribution in [3.63, 3.8) is 0 Å². The number of aromatic nitrogens is 4. The fourth-order valence-electron chi connectivity index (χ4n) is 4.92. The van der Waals surface area contributed by atoms with Crippen molar-refractivity contribution >= 4 is 10.9 Å². The summed E-state index contributed by atoms with van der Waals surface area (Å²) in [5, 5.41) is 21.1. The molecule has 5 aromatic rings. The lowest BCUT2D eigenvalue weighted by atomic mass is 10.0. The van der Waals surface area contributed by atoms with E-state index in [2.05, 4.69) is 33.2 Å². The van der Waals surface area contributed by atoms with Gasteiger partial charge in [-0.15, -0.1) is 0 Å². The van der Waals surface area contributed by atoms with E-state index in [1.165, 1.54) is 12.8 Å². The number of phenolic OH excluding ortho intramolecular Hbond substituents is 1. The topological polar surface area (TPSA) is 76.3 Å². The van der Waals surface area contributed by atoms with Gasteiger partial charge in [-0.3, -0.25) is 9.88 Å². The molecule has 7 heteroatoms. The number of phenols is 1. The molecule has 0 unspecified atom stereocenters. The normalized spacial score (nSPS) is 13.8. The van der Waals surface area contributed by atoms with Crippen LogP contribution in [-0.4, -0.2) is 43.1 Å². The van der Waals surface area contributed by atoms with Crippen LogP contribution in [0.3, 0.4) is 0 Å². The molecule has 6 rings (SSSR count). The smallest absolute Gasteiger partial charge is 0.146 e. The number of pyridine rings is 1. The number of hydrogen-bond acceptors (Lipinski definition) is 6. The molecule has 0 bridgehead atoms. The van der Waals surface area contributed by atoms with Crippen LogP contribution < -0.4 is 4.74 Å². The Morgan fingerprint density at radius 1 is 0.865 bits per heavy atom. The lowest BCUT2D eigenvalue weighted by Crippen LogP contribution is -2.18. The van der Waals surface area contributed by atoms with Crippen LogP contribution >= 0.6 is 0 Å². The zero-order valence-corrected chi connectivity index (χ0v) is 20.6.